The van der Waals surface area contributed by atoms with E-state index < -0.39 is 0 Å². The van der Waals surface area contributed by atoms with Crippen molar-refractivity contribution in [2.24, 2.45) is 0 Å². The summed E-state index contributed by atoms with van der Waals surface area (Å²) < 4.78 is 7.49. The van der Waals surface area contributed by atoms with Gasteiger partial charge in [0.05, 0.1) is 6.26 Å². The van der Waals surface area contributed by atoms with Gasteiger partial charge in [-0.05, 0) is 42.0 Å². The number of para-hydroxylation sites is 1. The number of thioether (sulfide) groups is 1. The number of hydrogen-bond donors (Lipinski definition) is 0. The van der Waals surface area contributed by atoms with E-state index in [1.54, 1.807) is 6.26 Å². The molecule has 0 spiro atoms. The predicted octanol–water partition coefficient (Wildman–Crippen LogP) is 6.13. The average Bonchev–Trinajstić information content (AvgIpc) is 3.31. The molecule has 0 aliphatic carbocycles. The van der Waals surface area contributed by atoms with Gasteiger partial charge in [0.25, 0.3) is 0 Å². The molecule has 2 heterocycles. The zero-order valence-electron chi connectivity index (χ0n) is 13.5. The first-order valence-corrected chi connectivity index (χ1v) is 9.58. The van der Waals surface area contributed by atoms with E-state index in [1.807, 2.05) is 65.2 Å². The first-order chi connectivity index (χ1) is 12.7. The molecule has 0 saturated carbocycles. The summed E-state index contributed by atoms with van der Waals surface area (Å²) in [6.07, 6.45) is 1.62. The van der Waals surface area contributed by atoms with E-state index in [1.165, 1.54) is 11.8 Å². The van der Waals surface area contributed by atoms with Crippen LogP contribution in [0.1, 0.15) is 5.56 Å². The van der Waals surface area contributed by atoms with Crippen molar-refractivity contribution in [3.63, 3.8) is 0 Å². The Hall–Kier alpha value is -2.21. The van der Waals surface area contributed by atoms with Crippen LogP contribution in [0.4, 0.5) is 0 Å². The second-order valence-electron chi connectivity index (χ2n) is 5.44. The minimum absolute atomic E-state index is 0.585. The van der Waals surface area contributed by atoms with Crippen molar-refractivity contribution < 1.29 is 4.42 Å². The van der Waals surface area contributed by atoms with E-state index in [4.69, 9.17) is 27.6 Å². The molecule has 0 aliphatic heterocycles. The molecule has 26 heavy (non-hydrogen) atoms. The first-order valence-electron chi connectivity index (χ1n) is 7.84. The highest BCUT2D eigenvalue weighted by molar-refractivity contribution is 7.98. The Kier molecular flexibility index (Phi) is 5.02. The van der Waals surface area contributed by atoms with Gasteiger partial charge in [-0.3, -0.25) is 4.57 Å². The Morgan fingerprint density at radius 3 is 2.35 bits per heavy atom. The molecule has 4 aromatic rings. The van der Waals surface area contributed by atoms with E-state index in [0.717, 1.165) is 16.4 Å². The summed E-state index contributed by atoms with van der Waals surface area (Å²) in [4.78, 5) is 0. The Bertz CT molecular complexity index is 996. The summed E-state index contributed by atoms with van der Waals surface area (Å²) in [6, 6.07) is 19.1. The summed E-state index contributed by atoms with van der Waals surface area (Å²) in [5, 5.41) is 10.7. The molecule has 4 rings (SSSR count). The van der Waals surface area contributed by atoms with Gasteiger partial charge in [0.15, 0.2) is 10.9 Å². The normalized spacial score (nSPS) is 11.0. The summed E-state index contributed by atoms with van der Waals surface area (Å²) >= 11 is 14.1. The highest BCUT2D eigenvalue weighted by Crippen LogP contribution is 2.33. The Morgan fingerprint density at radius 2 is 1.65 bits per heavy atom. The van der Waals surface area contributed by atoms with Crippen molar-refractivity contribution in [3.05, 3.63) is 82.5 Å². The van der Waals surface area contributed by atoms with E-state index in [9.17, 15) is 0 Å². The van der Waals surface area contributed by atoms with Gasteiger partial charge in [0, 0.05) is 21.5 Å². The molecule has 0 unspecified atom stereocenters. The molecule has 0 amide bonds. The number of hydrogen-bond acceptors (Lipinski definition) is 4. The number of halogens is 2. The van der Waals surface area contributed by atoms with Crippen LogP contribution in [0.2, 0.25) is 10.0 Å². The van der Waals surface area contributed by atoms with Gasteiger partial charge in [-0.15, -0.1) is 10.2 Å². The SMILES string of the molecule is Clc1cccc(Cl)c1CSc1nnc(-c2ccco2)n1-c1ccccc1. The summed E-state index contributed by atoms with van der Waals surface area (Å²) in [7, 11) is 0. The van der Waals surface area contributed by atoms with Gasteiger partial charge >= 0.3 is 0 Å². The lowest BCUT2D eigenvalue weighted by Crippen LogP contribution is -1.99. The van der Waals surface area contributed by atoms with Crippen LogP contribution in [0.5, 0.6) is 0 Å². The van der Waals surface area contributed by atoms with Crippen molar-refractivity contribution in [1.82, 2.24) is 14.8 Å². The molecule has 2 aromatic heterocycles. The molecule has 0 saturated heterocycles. The lowest BCUT2D eigenvalue weighted by atomic mass is 10.2. The van der Waals surface area contributed by atoms with Crippen molar-refractivity contribution >= 4 is 35.0 Å². The topological polar surface area (TPSA) is 43.9 Å². The molecule has 0 bridgehead atoms. The van der Waals surface area contributed by atoms with Crippen LogP contribution in [0.3, 0.4) is 0 Å². The second kappa shape index (κ2) is 7.58. The second-order valence-corrected chi connectivity index (χ2v) is 7.20. The maximum absolute atomic E-state index is 6.28. The van der Waals surface area contributed by atoms with Gasteiger partial charge in [-0.2, -0.15) is 0 Å². The monoisotopic (exact) mass is 401 g/mol. The quantitative estimate of drug-likeness (QED) is 0.377. The minimum atomic E-state index is 0.585. The molecule has 0 radical (unpaired) electrons. The molecule has 0 atom stereocenters. The number of benzene rings is 2. The van der Waals surface area contributed by atoms with E-state index >= 15 is 0 Å². The van der Waals surface area contributed by atoms with Crippen molar-refractivity contribution in [1.29, 1.82) is 0 Å². The molecule has 4 nitrogen and oxygen atoms in total. The fraction of sp³-hybridized carbons (Fsp3) is 0.0526. The maximum atomic E-state index is 6.28. The largest absolute Gasteiger partial charge is 0.461 e. The van der Waals surface area contributed by atoms with E-state index in [0.29, 0.717) is 27.4 Å². The molecule has 0 fully saturated rings. The summed E-state index contributed by atoms with van der Waals surface area (Å²) in [5.74, 6) is 1.89. The fourth-order valence-corrected chi connectivity index (χ4v) is 4.24. The van der Waals surface area contributed by atoms with Crippen molar-refractivity contribution in [2.75, 3.05) is 0 Å². The maximum Gasteiger partial charge on any atom is 0.205 e. The van der Waals surface area contributed by atoms with Crippen LogP contribution in [0.25, 0.3) is 17.3 Å². The van der Waals surface area contributed by atoms with Crippen LogP contribution >= 0.6 is 35.0 Å². The number of nitrogens with zero attached hydrogens (tertiary/aromatic N) is 3. The smallest absolute Gasteiger partial charge is 0.205 e. The van der Waals surface area contributed by atoms with Gasteiger partial charge in [0.2, 0.25) is 5.82 Å². The van der Waals surface area contributed by atoms with Gasteiger partial charge < -0.3 is 4.42 Å². The summed E-state index contributed by atoms with van der Waals surface area (Å²) in [5.41, 5.74) is 1.83. The van der Waals surface area contributed by atoms with Crippen LogP contribution in [0, 0.1) is 0 Å². The zero-order chi connectivity index (χ0) is 17.9. The van der Waals surface area contributed by atoms with Crippen LogP contribution in [0.15, 0.2) is 76.5 Å². The third-order valence-corrected chi connectivity index (χ3v) is 5.46. The third kappa shape index (κ3) is 3.38. The molecular weight excluding hydrogens is 389 g/mol. The van der Waals surface area contributed by atoms with Gasteiger partial charge in [-0.1, -0.05) is 59.2 Å². The van der Waals surface area contributed by atoms with Crippen molar-refractivity contribution in [3.8, 4) is 17.3 Å². The lowest BCUT2D eigenvalue weighted by molar-refractivity contribution is 0.575. The Balaban J connectivity index is 1.73. The molecular formula is C19H13Cl2N3OS. The average molecular weight is 402 g/mol. The van der Waals surface area contributed by atoms with Crippen LogP contribution in [-0.4, -0.2) is 14.8 Å². The fourth-order valence-electron chi connectivity index (χ4n) is 2.55. The molecule has 130 valence electrons. The minimum Gasteiger partial charge on any atom is -0.461 e. The number of rotatable bonds is 5. The Morgan fingerprint density at radius 1 is 0.885 bits per heavy atom. The molecule has 0 N–H and O–H groups in total. The van der Waals surface area contributed by atoms with Crippen LogP contribution in [-0.2, 0) is 5.75 Å². The third-order valence-electron chi connectivity index (χ3n) is 3.80. The zero-order valence-corrected chi connectivity index (χ0v) is 15.8. The first kappa shape index (κ1) is 17.2. The number of aromatic nitrogens is 3. The highest BCUT2D eigenvalue weighted by Gasteiger charge is 2.18. The van der Waals surface area contributed by atoms with Gasteiger partial charge in [0.1, 0.15) is 0 Å². The van der Waals surface area contributed by atoms with E-state index in [2.05, 4.69) is 10.2 Å². The Labute approximate surface area is 164 Å². The van der Waals surface area contributed by atoms with Crippen LogP contribution < -0.4 is 0 Å². The van der Waals surface area contributed by atoms with Gasteiger partial charge in [-0.25, -0.2) is 0 Å². The molecule has 2 aromatic carbocycles. The summed E-state index contributed by atoms with van der Waals surface area (Å²) in [6.45, 7) is 0. The van der Waals surface area contributed by atoms with E-state index in [-0.39, 0.29) is 0 Å². The predicted molar refractivity (Wildman–Crippen MR) is 105 cm³/mol. The standard InChI is InChI=1S/C19H13Cl2N3OS/c20-15-8-4-9-16(21)14(15)12-26-19-23-22-18(17-10-5-11-25-17)24(19)13-6-2-1-3-7-13/h1-11H,12H2. The highest BCUT2D eigenvalue weighted by atomic mass is 35.5. The molecule has 7 heteroatoms. The number of furan rings is 1. The lowest BCUT2D eigenvalue weighted by Gasteiger charge is -2.10. The van der Waals surface area contributed by atoms with Crippen molar-refractivity contribution in [2.45, 2.75) is 10.9 Å². The molecule has 0 aliphatic rings.